The van der Waals surface area contributed by atoms with Gasteiger partial charge in [0.15, 0.2) is 11.6 Å². The van der Waals surface area contributed by atoms with Crippen molar-refractivity contribution < 1.29 is 38.1 Å². The Bertz CT molecular complexity index is 1240. The van der Waals surface area contributed by atoms with Gasteiger partial charge in [0.2, 0.25) is 0 Å². The van der Waals surface area contributed by atoms with Crippen LogP contribution in [0.5, 0.6) is 0 Å². The maximum absolute atomic E-state index is 14.5. The molecule has 2 fully saturated rings. The van der Waals surface area contributed by atoms with Crippen LogP contribution in [0.25, 0.3) is 11.3 Å². The average molecular weight is 527 g/mol. The molecule has 36 heavy (non-hydrogen) atoms. The quantitative estimate of drug-likeness (QED) is 0.396. The van der Waals surface area contributed by atoms with Gasteiger partial charge in [0.05, 0.1) is 23.9 Å². The first-order valence-electron chi connectivity index (χ1n) is 11.5. The number of ether oxygens (including phenoxy) is 2. The van der Waals surface area contributed by atoms with Crippen LogP contribution in [-0.2, 0) is 21.5 Å². The van der Waals surface area contributed by atoms with Crippen LogP contribution in [0.2, 0.25) is 5.02 Å². The summed E-state index contributed by atoms with van der Waals surface area (Å²) in [6.07, 6.45) is -0.151. The topological polar surface area (TPSA) is 136 Å². The van der Waals surface area contributed by atoms with E-state index >= 15 is 0 Å². The molecule has 5 atom stereocenters. The average Bonchev–Trinajstić information content (AvgIpc) is 3.52. The van der Waals surface area contributed by atoms with Crippen molar-refractivity contribution in [1.29, 1.82) is 0 Å². The molecule has 13 heteroatoms. The minimum atomic E-state index is -1.27. The number of aromatic nitrogens is 4. The van der Waals surface area contributed by atoms with Crippen LogP contribution in [0.4, 0.5) is 8.78 Å². The molecule has 5 rings (SSSR count). The Morgan fingerprint density at radius 2 is 2.03 bits per heavy atom. The molecule has 1 aliphatic carbocycles. The van der Waals surface area contributed by atoms with E-state index in [9.17, 15) is 24.1 Å². The Kier molecular flexibility index (Phi) is 6.83. The summed E-state index contributed by atoms with van der Waals surface area (Å²) in [5.41, 5.74) is -0.684. The van der Waals surface area contributed by atoms with E-state index in [2.05, 4.69) is 15.5 Å². The number of rotatable bonds is 7. The van der Waals surface area contributed by atoms with Gasteiger partial charge >= 0.3 is 0 Å². The Labute approximate surface area is 209 Å². The van der Waals surface area contributed by atoms with Crippen molar-refractivity contribution in [2.45, 2.75) is 61.7 Å². The lowest BCUT2D eigenvalue weighted by Crippen LogP contribution is -2.57. The van der Waals surface area contributed by atoms with Gasteiger partial charge in [-0.25, -0.2) is 13.5 Å². The summed E-state index contributed by atoms with van der Waals surface area (Å²) < 4.78 is 46.7. The number of halogens is 3. The summed E-state index contributed by atoms with van der Waals surface area (Å²) in [4.78, 5) is 0. The lowest BCUT2D eigenvalue weighted by molar-refractivity contribution is -0.212. The smallest absolute Gasteiger partial charge is 0.178 e. The second-order valence-corrected chi connectivity index (χ2v) is 9.56. The SMILES string of the molecule is CO[C@@H]1[C@@H](n2cc(-c3ccc(Cl)c(F)c3F)nn2)[C@@H](O)[C@@H](CO)O[C@@H]1Cc1cc(C2(O)CCC2)no1. The third kappa shape index (κ3) is 4.31. The predicted molar refractivity (Wildman–Crippen MR) is 120 cm³/mol. The molecule has 0 amide bonds. The highest BCUT2D eigenvalue weighted by Gasteiger charge is 2.48. The Balaban J connectivity index is 1.43. The first kappa shape index (κ1) is 25.2. The summed E-state index contributed by atoms with van der Waals surface area (Å²) in [5.74, 6) is -1.95. The molecule has 0 bridgehead atoms. The third-order valence-corrected chi connectivity index (χ3v) is 7.27. The molecule has 0 radical (unpaired) electrons. The number of nitrogens with zero attached hydrogens (tertiary/aromatic N) is 4. The van der Waals surface area contributed by atoms with Crippen LogP contribution in [0.1, 0.15) is 36.8 Å². The van der Waals surface area contributed by atoms with Gasteiger partial charge in [0.25, 0.3) is 0 Å². The number of hydrogen-bond acceptors (Lipinski definition) is 9. The highest BCUT2D eigenvalue weighted by Crippen LogP contribution is 2.41. The van der Waals surface area contributed by atoms with Gasteiger partial charge in [-0.1, -0.05) is 22.0 Å². The molecule has 3 N–H and O–H groups in total. The second kappa shape index (κ2) is 9.77. The lowest BCUT2D eigenvalue weighted by atomic mass is 9.78. The molecule has 3 aromatic rings. The number of methoxy groups -OCH3 is 1. The van der Waals surface area contributed by atoms with E-state index in [1.807, 2.05) is 0 Å². The van der Waals surface area contributed by atoms with Crippen LogP contribution in [-0.4, -0.2) is 73.6 Å². The molecule has 2 aliphatic rings. The van der Waals surface area contributed by atoms with Gasteiger partial charge in [-0.05, 0) is 31.4 Å². The Morgan fingerprint density at radius 3 is 2.69 bits per heavy atom. The van der Waals surface area contributed by atoms with Crippen molar-refractivity contribution in [2.24, 2.45) is 0 Å². The highest BCUT2D eigenvalue weighted by molar-refractivity contribution is 6.30. The molecule has 10 nitrogen and oxygen atoms in total. The molecule has 1 saturated heterocycles. The number of benzene rings is 1. The maximum Gasteiger partial charge on any atom is 0.178 e. The van der Waals surface area contributed by atoms with E-state index in [1.54, 1.807) is 6.07 Å². The summed E-state index contributed by atoms with van der Waals surface area (Å²) in [7, 11) is 1.43. The van der Waals surface area contributed by atoms with Gasteiger partial charge < -0.3 is 29.3 Å². The zero-order chi connectivity index (χ0) is 25.6. The summed E-state index contributed by atoms with van der Waals surface area (Å²) in [5, 5.41) is 42.9. The van der Waals surface area contributed by atoms with Crippen LogP contribution >= 0.6 is 11.6 Å². The van der Waals surface area contributed by atoms with E-state index in [0.29, 0.717) is 24.3 Å². The zero-order valence-corrected chi connectivity index (χ0v) is 20.0. The largest absolute Gasteiger partial charge is 0.394 e. The fourth-order valence-electron chi connectivity index (χ4n) is 4.79. The second-order valence-electron chi connectivity index (χ2n) is 9.15. The van der Waals surface area contributed by atoms with E-state index in [-0.39, 0.29) is 22.7 Å². The molecule has 1 saturated carbocycles. The van der Waals surface area contributed by atoms with Gasteiger partial charge in [-0.3, -0.25) is 0 Å². The fourth-order valence-corrected chi connectivity index (χ4v) is 4.94. The molecule has 0 spiro atoms. The van der Waals surface area contributed by atoms with Crippen LogP contribution in [0.3, 0.4) is 0 Å². The maximum atomic E-state index is 14.5. The van der Waals surface area contributed by atoms with Crippen molar-refractivity contribution in [3.05, 3.63) is 52.5 Å². The van der Waals surface area contributed by atoms with Gasteiger partial charge in [-0.2, -0.15) is 0 Å². The van der Waals surface area contributed by atoms with E-state index in [4.69, 9.17) is 25.6 Å². The van der Waals surface area contributed by atoms with Crippen molar-refractivity contribution in [3.63, 3.8) is 0 Å². The Morgan fingerprint density at radius 1 is 1.25 bits per heavy atom. The monoisotopic (exact) mass is 526 g/mol. The van der Waals surface area contributed by atoms with Gasteiger partial charge in [-0.15, -0.1) is 5.10 Å². The summed E-state index contributed by atoms with van der Waals surface area (Å²) >= 11 is 5.64. The minimum Gasteiger partial charge on any atom is -0.394 e. The Hall–Kier alpha value is -2.48. The molecule has 194 valence electrons. The van der Waals surface area contributed by atoms with Crippen LogP contribution < -0.4 is 0 Å². The number of aliphatic hydroxyl groups is 3. The summed E-state index contributed by atoms with van der Waals surface area (Å²) in [6, 6.07) is 3.25. The molecule has 1 aliphatic heterocycles. The molecule has 0 unspecified atom stereocenters. The normalized spacial score (nSPS) is 27.7. The molecule has 1 aromatic carbocycles. The van der Waals surface area contributed by atoms with Crippen molar-refractivity contribution in [1.82, 2.24) is 20.2 Å². The number of aliphatic hydroxyl groups excluding tert-OH is 2. The first-order valence-corrected chi connectivity index (χ1v) is 11.8. The van der Waals surface area contributed by atoms with E-state index in [0.717, 1.165) is 6.42 Å². The first-order chi connectivity index (χ1) is 17.3. The van der Waals surface area contributed by atoms with Crippen molar-refractivity contribution >= 4 is 11.6 Å². The molecular formula is C23H25ClF2N4O6. The van der Waals surface area contributed by atoms with E-state index < -0.39 is 54.3 Å². The van der Waals surface area contributed by atoms with Crippen LogP contribution in [0, 0.1) is 11.6 Å². The highest BCUT2D eigenvalue weighted by atomic mass is 35.5. The standard InChI is InChI=1S/C23H25ClF2N4O6/c1-34-22-15(7-11-8-17(28-36-11)23(33)5-2-6-23)35-16(10-31)21(32)20(22)30-9-14(27-29-30)12-3-4-13(24)19(26)18(12)25/h3-4,8-9,15-16,20-22,31-33H,2,5-7,10H2,1H3/t15-,16-,20+,21+,22+/m1/s1. The fraction of sp³-hybridized carbons (Fsp3) is 0.522. The zero-order valence-electron chi connectivity index (χ0n) is 19.2. The van der Waals surface area contributed by atoms with Crippen LogP contribution in [0.15, 0.2) is 28.9 Å². The van der Waals surface area contributed by atoms with Gasteiger partial charge in [0, 0.05) is 25.2 Å². The third-order valence-electron chi connectivity index (χ3n) is 6.98. The molecule has 3 heterocycles. The molecule has 2 aromatic heterocycles. The van der Waals surface area contributed by atoms with Crippen molar-refractivity contribution in [3.8, 4) is 11.3 Å². The van der Waals surface area contributed by atoms with Gasteiger partial charge in [0.1, 0.15) is 47.1 Å². The molecular weight excluding hydrogens is 502 g/mol. The number of hydrogen-bond donors (Lipinski definition) is 3. The summed E-state index contributed by atoms with van der Waals surface area (Å²) in [6.45, 7) is -0.495. The predicted octanol–water partition coefficient (Wildman–Crippen LogP) is 2.16. The minimum absolute atomic E-state index is 0.0160. The lowest BCUT2D eigenvalue weighted by Gasteiger charge is -2.43. The van der Waals surface area contributed by atoms with Crippen molar-refractivity contribution in [2.75, 3.05) is 13.7 Å². The van der Waals surface area contributed by atoms with E-state index in [1.165, 1.54) is 30.1 Å².